The lowest BCUT2D eigenvalue weighted by molar-refractivity contribution is 0.253. The second-order valence-electron chi connectivity index (χ2n) is 4.91. The molecule has 0 spiro atoms. The van der Waals surface area contributed by atoms with Crippen LogP contribution < -0.4 is 5.73 Å². The Hall–Kier alpha value is -0.770. The van der Waals surface area contributed by atoms with Crippen molar-refractivity contribution in [3.05, 3.63) is 0 Å². The predicted molar refractivity (Wildman–Crippen MR) is 72.0 cm³/mol. The number of hydrogen-bond acceptors (Lipinski definition) is 2. The van der Waals surface area contributed by atoms with E-state index < -0.39 is 0 Å². The summed E-state index contributed by atoms with van der Waals surface area (Å²) < 4.78 is 0. The Labute approximate surface area is 105 Å². The van der Waals surface area contributed by atoms with Gasteiger partial charge in [-0.3, -0.25) is 4.99 Å². The Balaban J connectivity index is 2.37. The fourth-order valence-corrected chi connectivity index (χ4v) is 2.36. The first-order valence-corrected chi connectivity index (χ1v) is 6.93. The van der Waals surface area contributed by atoms with Crippen LogP contribution in [0.1, 0.15) is 45.4 Å². The molecular weight excluding hydrogens is 214 g/mol. The molecular formula is C13H27N3O. The molecule has 4 heteroatoms. The summed E-state index contributed by atoms with van der Waals surface area (Å²) in [5, 5.41) is 8.99. The van der Waals surface area contributed by atoms with Gasteiger partial charge in [0, 0.05) is 26.2 Å². The maximum atomic E-state index is 8.99. The summed E-state index contributed by atoms with van der Waals surface area (Å²) in [6.07, 6.45) is 6.87. The third-order valence-electron chi connectivity index (χ3n) is 3.43. The van der Waals surface area contributed by atoms with Crippen molar-refractivity contribution in [3.8, 4) is 0 Å². The molecule has 0 aromatic heterocycles. The summed E-state index contributed by atoms with van der Waals surface area (Å²) in [7, 11) is 0. The van der Waals surface area contributed by atoms with E-state index in [0.29, 0.717) is 11.9 Å². The Morgan fingerprint density at radius 3 is 2.59 bits per heavy atom. The Morgan fingerprint density at radius 2 is 2.00 bits per heavy atom. The minimum Gasteiger partial charge on any atom is -0.396 e. The molecule has 1 rings (SSSR count). The molecule has 3 N–H and O–H groups in total. The lowest BCUT2D eigenvalue weighted by atomic mass is 10.0. The number of guanidine groups is 1. The van der Waals surface area contributed by atoms with Crippen LogP contribution in [0.5, 0.6) is 0 Å². The van der Waals surface area contributed by atoms with Crippen molar-refractivity contribution in [1.29, 1.82) is 0 Å². The highest BCUT2D eigenvalue weighted by atomic mass is 16.3. The first-order chi connectivity index (χ1) is 8.27. The highest BCUT2D eigenvalue weighted by Crippen LogP contribution is 2.12. The van der Waals surface area contributed by atoms with E-state index in [0.717, 1.165) is 38.9 Å². The highest BCUT2D eigenvalue weighted by Gasteiger charge is 2.13. The number of aliphatic hydroxyl groups is 1. The van der Waals surface area contributed by atoms with E-state index in [2.05, 4.69) is 16.8 Å². The van der Waals surface area contributed by atoms with E-state index in [1.54, 1.807) is 0 Å². The second kappa shape index (κ2) is 8.34. The van der Waals surface area contributed by atoms with Crippen molar-refractivity contribution in [2.75, 3.05) is 26.2 Å². The summed E-state index contributed by atoms with van der Waals surface area (Å²) in [4.78, 5) is 6.68. The number of rotatable bonds is 6. The highest BCUT2D eigenvalue weighted by molar-refractivity contribution is 5.78. The van der Waals surface area contributed by atoms with Crippen LogP contribution in [-0.4, -0.2) is 42.2 Å². The topological polar surface area (TPSA) is 61.9 Å². The number of likely N-dealkylation sites (tertiary alicyclic amines) is 1. The average molecular weight is 241 g/mol. The van der Waals surface area contributed by atoms with Gasteiger partial charge in [0.15, 0.2) is 5.96 Å². The van der Waals surface area contributed by atoms with E-state index in [9.17, 15) is 0 Å². The van der Waals surface area contributed by atoms with Crippen LogP contribution in [0.4, 0.5) is 0 Å². The first-order valence-electron chi connectivity index (χ1n) is 6.93. The molecule has 1 aliphatic heterocycles. The van der Waals surface area contributed by atoms with Gasteiger partial charge >= 0.3 is 0 Å². The normalized spacial score (nSPS) is 19.4. The monoisotopic (exact) mass is 241 g/mol. The van der Waals surface area contributed by atoms with Crippen molar-refractivity contribution in [1.82, 2.24) is 4.90 Å². The van der Waals surface area contributed by atoms with Crippen LogP contribution >= 0.6 is 0 Å². The number of hydrogen-bond donors (Lipinski definition) is 2. The largest absolute Gasteiger partial charge is 0.396 e. The van der Waals surface area contributed by atoms with Crippen LogP contribution in [-0.2, 0) is 0 Å². The Morgan fingerprint density at radius 1 is 1.29 bits per heavy atom. The zero-order chi connectivity index (χ0) is 12.5. The molecule has 0 bridgehead atoms. The third kappa shape index (κ3) is 5.39. The second-order valence-corrected chi connectivity index (χ2v) is 4.91. The fraction of sp³-hybridized carbons (Fsp3) is 0.923. The van der Waals surface area contributed by atoms with Gasteiger partial charge in [-0.2, -0.15) is 0 Å². The molecule has 0 radical (unpaired) electrons. The molecule has 1 unspecified atom stereocenters. The van der Waals surface area contributed by atoms with Crippen molar-refractivity contribution in [3.63, 3.8) is 0 Å². The quantitative estimate of drug-likeness (QED) is 0.548. The molecule has 0 saturated carbocycles. The molecule has 0 aliphatic carbocycles. The predicted octanol–water partition coefficient (Wildman–Crippen LogP) is 1.59. The third-order valence-corrected chi connectivity index (χ3v) is 3.43. The van der Waals surface area contributed by atoms with Gasteiger partial charge < -0.3 is 15.7 Å². The number of aliphatic imine (C=N–C) groups is 1. The van der Waals surface area contributed by atoms with E-state index in [1.807, 2.05) is 0 Å². The summed E-state index contributed by atoms with van der Waals surface area (Å²) in [5.41, 5.74) is 6.00. The minimum absolute atomic E-state index is 0.254. The summed E-state index contributed by atoms with van der Waals surface area (Å²) in [6, 6.07) is 0. The molecule has 0 aromatic rings. The number of piperidine rings is 1. The molecule has 1 heterocycles. The lowest BCUT2D eigenvalue weighted by Gasteiger charge is -2.27. The standard InChI is InChI=1S/C13H27N3O/c1-2-6-12(7-10-17)11-15-13(14)16-8-4-3-5-9-16/h12,17H,2-11H2,1H3,(H2,14,15). The van der Waals surface area contributed by atoms with Crippen LogP contribution in [0.2, 0.25) is 0 Å². The van der Waals surface area contributed by atoms with Gasteiger partial charge in [-0.25, -0.2) is 0 Å². The van der Waals surface area contributed by atoms with Crippen molar-refractivity contribution >= 4 is 5.96 Å². The minimum atomic E-state index is 0.254. The van der Waals surface area contributed by atoms with Gasteiger partial charge in [-0.1, -0.05) is 13.3 Å². The molecule has 1 atom stereocenters. The van der Waals surface area contributed by atoms with Gasteiger partial charge in [-0.05, 0) is 38.0 Å². The molecule has 0 amide bonds. The maximum absolute atomic E-state index is 8.99. The summed E-state index contributed by atoms with van der Waals surface area (Å²) >= 11 is 0. The molecule has 1 saturated heterocycles. The van der Waals surface area contributed by atoms with Gasteiger partial charge in [0.2, 0.25) is 0 Å². The molecule has 4 nitrogen and oxygen atoms in total. The van der Waals surface area contributed by atoms with Crippen molar-refractivity contribution in [2.45, 2.75) is 45.4 Å². The van der Waals surface area contributed by atoms with Gasteiger partial charge in [0.05, 0.1) is 0 Å². The van der Waals surface area contributed by atoms with Gasteiger partial charge in [-0.15, -0.1) is 0 Å². The Kier molecular flexibility index (Phi) is 7.01. The van der Waals surface area contributed by atoms with Crippen LogP contribution in [0.25, 0.3) is 0 Å². The smallest absolute Gasteiger partial charge is 0.191 e. The molecule has 1 fully saturated rings. The Bertz CT molecular complexity index is 219. The lowest BCUT2D eigenvalue weighted by Crippen LogP contribution is -2.41. The van der Waals surface area contributed by atoms with Gasteiger partial charge in [0.1, 0.15) is 0 Å². The molecule has 1 aliphatic rings. The van der Waals surface area contributed by atoms with Crippen LogP contribution in [0.3, 0.4) is 0 Å². The SMILES string of the molecule is CCCC(CCO)CN=C(N)N1CCCCC1. The fourth-order valence-electron chi connectivity index (χ4n) is 2.36. The van der Waals surface area contributed by atoms with Gasteiger partial charge in [0.25, 0.3) is 0 Å². The van der Waals surface area contributed by atoms with Crippen molar-refractivity contribution < 1.29 is 5.11 Å². The zero-order valence-corrected chi connectivity index (χ0v) is 11.1. The maximum Gasteiger partial charge on any atom is 0.191 e. The van der Waals surface area contributed by atoms with E-state index in [-0.39, 0.29) is 6.61 Å². The zero-order valence-electron chi connectivity index (χ0n) is 11.1. The molecule has 0 aromatic carbocycles. The first kappa shape index (κ1) is 14.3. The van der Waals surface area contributed by atoms with E-state index in [1.165, 1.54) is 19.3 Å². The van der Waals surface area contributed by atoms with E-state index >= 15 is 0 Å². The number of nitrogens with zero attached hydrogens (tertiary/aromatic N) is 2. The summed E-state index contributed by atoms with van der Waals surface area (Å²) in [6.45, 7) is 5.28. The van der Waals surface area contributed by atoms with Crippen LogP contribution in [0.15, 0.2) is 4.99 Å². The summed E-state index contributed by atoms with van der Waals surface area (Å²) in [5.74, 6) is 1.18. The molecule has 17 heavy (non-hydrogen) atoms. The number of nitrogens with two attached hydrogens (primary N) is 1. The van der Waals surface area contributed by atoms with Crippen LogP contribution in [0, 0.1) is 5.92 Å². The van der Waals surface area contributed by atoms with E-state index in [4.69, 9.17) is 10.8 Å². The average Bonchev–Trinajstić information content (AvgIpc) is 2.37. The van der Waals surface area contributed by atoms with Crippen molar-refractivity contribution in [2.24, 2.45) is 16.6 Å². The number of aliphatic hydroxyl groups excluding tert-OH is 1. The molecule has 100 valence electrons.